The van der Waals surface area contributed by atoms with E-state index in [4.69, 9.17) is 15.4 Å². The third-order valence-corrected chi connectivity index (χ3v) is 4.47. The van der Waals surface area contributed by atoms with Crippen LogP contribution in [0, 0.1) is 28.9 Å². The van der Waals surface area contributed by atoms with Gasteiger partial charge in [-0.1, -0.05) is 19.9 Å². The molecule has 0 amide bonds. The van der Waals surface area contributed by atoms with Crippen molar-refractivity contribution in [2.24, 2.45) is 11.8 Å². The molecular weight excluding hydrogens is 318 g/mol. The third-order valence-electron chi connectivity index (χ3n) is 3.26. The monoisotopic (exact) mass is 335 g/mol. The second-order valence-corrected chi connectivity index (χ2v) is 8.00. The van der Waals surface area contributed by atoms with Crippen molar-refractivity contribution in [3.63, 3.8) is 0 Å². The Kier molecular flexibility index (Phi) is 5.98. The highest BCUT2D eigenvalue weighted by molar-refractivity contribution is 8.13. The van der Waals surface area contributed by atoms with Crippen molar-refractivity contribution in [3.8, 4) is 5.75 Å². The molecule has 1 aromatic carbocycles. The van der Waals surface area contributed by atoms with E-state index in [1.165, 1.54) is 12.1 Å². The Morgan fingerprint density at radius 3 is 2.48 bits per heavy atom. The van der Waals surface area contributed by atoms with Gasteiger partial charge >= 0.3 is 0 Å². The van der Waals surface area contributed by atoms with Gasteiger partial charge < -0.3 is 4.74 Å². The lowest BCUT2D eigenvalue weighted by Gasteiger charge is -2.20. The molecule has 1 atom stereocenters. The van der Waals surface area contributed by atoms with Crippen molar-refractivity contribution in [2.75, 3.05) is 12.4 Å². The molecule has 1 unspecified atom stereocenters. The lowest BCUT2D eigenvalue weighted by atomic mass is 9.99. The van der Waals surface area contributed by atoms with Crippen molar-refractivity contribution < 1.29 is 18.1 Å². The third kappa shape index (κ3) is 5.51. The number of benzene rings is 1. The molecule has 118 valence electrons. The predicted molar refractivity (Wildman–Crippen MR) is 81.3 cm³/mol. The summed E-state index contributed by atoms with van der Waals surface area (Å²) in [6.07, 6.45) is 0. The lowest BCUT2D eigenvalue weighted by molar-refractivity contribution is -0.385. The molecule has 0 aromatic heterocycles. The highest BCUT2D eigenvalue weighted by Gasteiger charge is 2.22. The fraction of sp³-hybridized carbons (Fsp3) is 0.538. The largest absolute Gasteiger partial charge is 0.493 e. The summed E-state index contributed by atoms with van der Waals surface area (Å²) in [6.45, 7) is 5.47. The minimum atomic E-state index is -3.62. The van der Waals surface area contributed by atoms with Gasteiger partial charge in [0.05, 0.1) is 22.8 Å². The minimum Gasteiger partial charge on any atom is -0.493 e. The molecule has 0 saturated carbocycles. The average Bonchev–Trinajstić information content (AvgIpc) is 2.33. The van der Waals surface area contributed by atoms with Gasteiger partial charge in [-0.25, -0.2) is 8.42 Å². The standard InChI is InChI=1S/C13H18ClNO5S/c1-9(2)11(8-21(14,18)19)7-20-13-6-4-5-12(10(13)3)15(16)17/h4-6,9,11H,7-8H2,1-3H3. The molecule has 0 fully saturated rings. The van der Waals surface area contributed by atoms with Gasteiger partial charge in [0.25, 0.3) is 5.69 Å². The number of ether oxygens (including phenoxy) is 1. The zero-order valence-electron chi connectivity index (χ0n) is 12.1. The van der Waals surface area contributed by atoms with E-state index in [0.29, 0.717) is 11.3 Å². The molecule has 1 rings (SSSR count). The van der Waals surface area contributed by atoms with Crippen LogP contribution < -0.4 is 4.74 Å². The number of nitro groups is 1. The van der Waals surface area contributed by atoms with E-state index in [1.54, 1.807) is 13.0 Å². The van der Waals surface area contributed by atoms with Crippen LogP contribution in [-0.4, -0.2) is 25.7 Å². The average molecular weight is 336 g/mol. The quantitative estimate of drug-likeness (QED) is 0.434. The Labute approximate surface area is 128 Å². The van der Waals surface area contributed by atoms with E-state index in [-0.39, 0.29) is 29.9 Å². The maximum Gasteiger partial charge on any atom is 0.276 e. The molecule has 0 saturated heterocycles. The normalized spacial score (nSPS) is 13.2. The summed E-state index contributed by atoms with van der Waals surface area (Å²) >= 11 is 0. The summed E-state index contributed by atoms with van der Waals surface area (Å²) in [6, 6.07) is 4.55. The minimum absolute atomic E-state index is 0.0291. The first kappa shape index (κ1) is 17.7. The van der Waals surface area contributed by atoms with Crippen LogP contribution in [0.3, 0.4) is 0 Å². The summed E-state index contributed by atoms with van der Waals surface area (Å²) in [5, 5.41) is 10.9. The molecule has 6 nitrogen and oxygen atoms in total. The van der Waals surface area contributed by atoms with E-state index in [0.717, 1.165) is 0 Å². The summed E-state index contributed by atoms with van der Waals surface area (Å²) in [5.41, 5.74) is 0.386. The molecule has 0 aliphatic rings. The smallest absolute Gasteiger partial charge is 0.276 e. The fourth-order valence-electron chi connectivity index (χ4n) is 1.84. The van der Waals surface area contributed by atoms with E-state index in [9.17, 15) is 18.5 Å². The van der Waals surface area contributed by atoms with Crippen LogP contribution in [0.25, 0.3) is 0 Å². The zero-order chi connectivity index (χ0) is 16.2. The van der Waals surface area contributed by atoms with Crippen LogP contribution in [0.1, 0.15) is 19.4 Å². The van der Waals surface area contributed by atoms with E-state index >= 15 is 0 Å². The van der Waals surface area contributed by atoms with Crippen molar-refractivity contribution in [3.05, 3.63) is 33.9 Å². The lowest BCUT2D eigenvalue weighted by Crippen LogP contribution is -2.24. The number of halogens is 1. The van der Waals surface area contributed by atoms with Gasteiger partial charge in [0.2, 0.25) is 9.05 Å². The number of hydrogen-bond donors (Lipinski definition) is 0. The van der Waals surface area contributed by atoms with Gasteiger partial charge in [0.15, 0.2) is 0 Å². The van der Waals surface area contributed by atoms with Gasteiger partial charge in [0, 0.05) is 22.7 Å². The molecule has 1 aromatic rings. The molecule has 0 heterocycles. The van der Waals surface area contributed by atoms with Crippen LogP contribution >= 0.6 is 10.7 Å². The van der Waals surface area contributed by atoms with Crippen molar-refractivity contribution >= 4 is 25.4 Å². The molecule has 0 aliphatic carbocycles. The van der Waals surface area contributed by atoms with Gasteiger partial charge in [-0.15, -0.1) is 0 Å². The van der Waals surface area contributed by atoms with Crippen molar-refractivity contribution in [1.82, 2.24) is 0 Å². The molecule has 0 radical (unpaired) electrons. The molecule has 0 N–H and O–H groups in total. The zero-order valence-corrected chi connectivity index (χ0v) is 13.6. The van der Waals surface area contributed by atoms with Crippen LogP contribution in [0.2, 0.25) is 0 Å². The number of nitrogens with zero attached hydrogens (tertiary/aromatic N) is 1. The first-order valence-electron chi connectivity index (χ1n) is 6.41. The fourth-order valence-corrected chi connectivity index (χ4v) is 3.32. The Morgan fingerprint density at radius 2 is 2.00 bits per heavy atom. The molecule has 8 heteroatoms. The molecule has 21 heavy (non-hydrogen) atoms. The Morgan fingerprint density at radius 1 is 1.38 bits per heavy atom. The number of nitro benzene ring substituents is 1. The second kappa shape index (κ2) is 7.09. The first-order chi connectivity index (χ1) is 9.61. The van der Waals surface area contributed by atoms with Gasteiger partial charge in [0.1, 0.15) is 5.75 Å². The first-order valence-corrected chi connectivity index (χ1v) is 8.88. The van der Waals surface area contributed by atoms with Gasteiger partial charge in [-0.2, -0.15) is 0 Å². The summed E-state index contributed by atoms with van der Waals surface area (Å²) in [7, 11) is 1.66. The maximum absolute atomic E-state index is 11.2. The summed E-state index contributed by atoms with van der Waals surface area (Å²) in [5.74, 6) is -0.0503. The van der Waals surface area contributed by atoms with E-state index < -0.39 is 14.0 Å². The molecule has 0 aliphatic heterocycles. The van der Waals surface area contributed by atoms with Crippen LogP contribution in [0.15, 0.2) is 18.2 Å². The van der Waals surface area contributed by atoms with Crippen LogP contribution in [0.5, 0.6) is 5.75 Å². The van der Waals surface area contributed by atoms with E-state index in [2.05, 4.69) is 0 Å². The summed E-state index contributed by atoms with van der Waals surface area (Å²) < 4.78 is 27.9. The Balaban J connectivity index is 2.86. The maximum atomic E-state index is 11.2. The number of hydrogen-bond acceptors (Lipinski definition) is 5. The molecule has 0 bridgehead atoms. The Hall–Kier alpha value is -1.34. The van der Waals surface area contributed by atoms with Crippen molar-refractivity contribution in [1.29, 1.82) is 0 Å². The van der Waals surface area contributed by atoms with Crippen LogP contribution in [0.4, 0.5) is 5.69 Å². The van der Waals surface area contributed by atoms with Crippen molar-refractivity contribution in [2.45, 2.75) is 20.8 Å². The summed E-state index contributed by atoms with van der Waals surface area (Å²) in [4.78, 5) is 10.4. The van der Waals surface area contributed by atoms with Gasteiger partial charge in [-0.05, 0) is 18.9 Å². The topological polar surface area (TPSA) is 86.5 Å². The molecular formula is C13H18ClNO5S. The van der Waals surface area contributed by atoms with Gasteiger partial charge in [-0.3, -0.25) is 10.1 Å². The molecule has 0 spiro atoms. The van der Waals surface area contributed by atoms with E-state index in [1.807, 2.05) is 13.8 Å². The Bertz CT molecular complexity index is 615. The SMILES string of the molecule is Cc1c(OCC(CS(=O)(=O)Cl)C(C)C)cccc1[N+](=O)[O-]. The predicted octanol–water partition coefficient (Wildman–Crippen LogP) is 3.12. The highest BCUT2D eigenvalue weighted by atomic mass is 35.7. The van der Waals surface area contributed by atoms with Crippen LogP contribution in [-0.2, 0) is 9.05 Å². The highest BCUT2D eigenvalue weighted by Crippen LogP contribution is 2.28. The second-order valence-electron chi connectivity index (χ2n) is 5.18. The number of rotatable bonds is 7.